The summed E-state index contributed by atoms with van der Waals surface area (Å²) in [4.78, 5) is 10.2. The second-order valence-electron chi connectivity index (χ2n) is 13.8. The van der Waals surface area contributed by atoms with Crippen LogP contribution in [-0.2, 0) is 5.41 Å². The monoisotopic (exact) mass is 635 g/mol. The number of aromatic hydroxyl groups is 1. The normalized spacial score (nSPS) is 11.8. The summed E-state index contributed by atoms with van der Waals surface area (Å²) in [5.41, 5.74) is 13.4. The molecule has 238 valence electrons. The van der Waals surface area contributed by atoms with Gasteiger partial charge >= 0.3 is 0 Å². The summed E-state index contributed by atoms with van der Waals surface area (Å²) in [5, 5.41) is 12.0. The second-order valence-corrected chi connectivity index (χ2v) is 13.8. The van der Waals surface area contributed by atoms with Gasteiger partial charge in [-0.2, -0.15) is 0 Å². The molecule has 0 bridgehead atoms. The highest BCUT2D eigenvalue weighted by atomic mass is 16.3. The van der Waals surface area contributed by atoms with Gasteiger partial charge < -0.3 is 5.11 Å². The fraction of sp³-hybridized carbons (Fsp3) is 0.111. The van der Waals surface area contributed by atoms with E-state index in [-0.39, 0.29) is 11.2 Å². The van der Waals surface area contributed by atoms with Crippen LogP contribution in [0.1, 0.15) is 31.9 Å². The highest BCUT2D eigenvalue weighted by Gasteiger charge is 2.22. The first-order valence-corrected chi connectivity index (χ1v) is 16.7. The average molecular weight is 636 g/mol. The van der Waals surface area contributed by atoms with Crippen LogP contribution in [0.15, 0.2) is 146 Å². The average Bonchev–Trinajstić information content (AvgIpc) is 3.51. The Kier molecular flexibility index (Phi) is 7.37. The number of para-hydroxylation sites is 2. The minimum atomic E-state index is 0.0283. The van der Waals surface area contributed by atoms with E-state index in [1.807, 2.05) is 48.7 Å². The predicted molar refractivity (Wildman–Crippen MR) is 203 cm³/mol. The first-order chi connectivity index (χ1) is 23.8. The van der Waals surface area contributed by atoms with Gasteiger partial charge in [-0.25, -0.2) is 4.98 Å². The molecule has 0 aliphatic carbocycles. The number of hydrogen-bond donors (Lipinski definition) is 1. The molecule has 2 heterocycles. The highest BCUT2D eigenvalue weighted by Crippen LogP contribution is 2.40. The van der Waals surface area contributed by atoms with Crippen molar-refractivity contribution in [1.29, 1.82) is 0 Å². The third-order valence-electron chi connectivity index (χ3n) is 9.43. The third kappa shape index (κ3) is 5.45. The molecule has 8 aromatic rings. The SMILES string of the molecule is Cc1cc(C(C)(C)C)ccc1-n1c(-c2cccc(-c3cc(-c4ccccc4)cc4cccnc34)c2)nc2c(-c3ccccc3O)cccc21. The number of phenolic OH excluding ortho intramolecular Hbond substituents is 1. The third-order valence-corrected chi connectivity index (χ3v) is 9.43. The molecule has 0 atom stereocenters. The molecule has 4 heteroatoms. The van der Waals surface area contributed by atoms with Gasteiger partial charge in [-0.15, -0.1) is 0 Å². The first-order valence-electron chi connectivity index (χ1n) is 16.7. The molecule has 0 spiro atoms. The molecule has 0 radical (unpaired) electrons. The molecular weight excluding hydrogens is 599 g/mol. The minimum absolute atomic E-state index is 0.0283. The van der Waals surface area contributed by atoms with Gasteiger partial charge in [0.05, 0.1) is 22.2 Å². The Balaban J connectivity index is 1.38. The molecule has 8 rings (SSSR count). The Bertz CT molecular complexity index is 2500. The summed E-state index contributed by atoms with van der Waals surface area (Å²) < 4.78 is 2.27. The van der Waals surface area contributed by atoms with Crippen molar-refractivity contribution in [3.63, 3.8) is 0 Å². The van der Waals surface area contributed by atoms with Gasteiger partial charge in [-0.3, -0.25) is 9.55 Å². The van der Waals surface area contributed by atoms with E-state index in [1.165, 1.54) is 16.7 Å². The van der Waals surface area contributed by atoms with E-state index in [9.17, 15) is 5.11 Å². The lowest BCUT2D eigenvalue weighted by molar-refractivity contribution is 0.477. The molecular formula is C45H37N3O. The van der Waals surface area contributed by atoms with Crippen LogP contribution in [-0.4, -0.2) is 19.6 Å². The highest BCUT2D eigenvalue weighted by molar-refractivity contribution is 5.99. The van der Waals surface area contributed by atoms with Crippen LogP contribution >= 0.6 is 0 Å². The molecule has 0 aliphatic heterocycles. The van der Waals surface area contributed by atoms with E-state index >= 15 is 0 Å². The summed E-state index contributed by atoms with van der Waals surface area (Å²) in [7, 11) is 0. The number of fused-ring (bicyclic) bond motifs is 2. The maximum Gasteiger partial charge on any atom is 0.145 e. The van der Waals surface area contributed by atoms with Gasteiger partial charge in [0.1, 0.15) is 11.6 Å². The minimum Gasteiger partial charge on any atom is -0.507 e. The predicted octanol–water partition coefficient (Wildman–Crippen LogP) is 11.6. The zero-order valence-corrected chi connectivity index (χ0v) is 28.1. The Morgan fingerprint density at radius 2 is 1.31 bits per heavy atom. The smallest absolute Gasteiger partial charge is 0.145 e. The van der Waals surface area contributed by atoms with Crippen LogP contribution < -0.4 is 0 Å². The standard InChI is InChI=1S/C45H37N3O/c1-29-25-35(45(2,3)4)22-23-39(29)48-40-20-11-19-37(36-18-8-9-21-41(36)49)43(40)47-44(48)33-16-10-15-31(26-33)38-28-34(30-13-6-5-7-14-30)27-32-17-12-24-46-42(32)38/h5-28,49H,1-4H3. The van der Waals surface area contributed by atoms with Crippen molar-refractivity contribution in [2.45, 2.75) is 33.1 Å². The Morgan fingerprint density at radius 3 is 2.10 bits per heavy atom. The van der Waals surface area contributed by atoms with Crippen molar-refractivity contribution in [3.8, 4) is 56.2 Å². The van der Waals surface area contributed by atoms with Crippen molar-refractivity contribution in [2.75, 3.05) is 0 Å². The molecule has 0 aliphatic rings. The summed E-state index contributed by atoms with van der Waals surface area (Å²) in [6.07, 6.45) is 1.86. The van der Waals surface area contributed by atoms with Gasteiger partial charge in [0.15, 0.2) is 0 Å². The van der Waals surface area contributed by atoms with E-state index in [0.717, 1.165) is 66.8 Å². The van der Waals surface area contributed by atoms with Crippen LogP contribution in [0, 0.1) is 6.92 Å². The molecule has 4 nitrogen and oxygen atoms in total. The lowest BCUT2D eigenvalue weighted by atomic mass is 9.86. The molecule has 6 aromatic carbocycles. The van der Waals surface area contributed by atoms with E-state index in [0.29, 0.717) is 0 Å². The summed E-state index contributed by atoms with van der Waals surface area (Å²) in [6, 6.07) is 48.2. The van der Waals surface area contributed by atoms with Crippen molar-refractivity contribution >= 4 is 21.9 Å². The van der Waals surface area contributed by atoms with Crippen molar-refractivity contribution in [1.82, 2.24) is 14.5 Å². The number of aromatic nitrogens is 3. The summed E-state index contributed by atoms with van der Waals surface area (Å²) in [6.45, 7) is 8.91. The number of phenols is 1. The lowest BCUT2D eigenvalue weighted by Crippen LogP contribution is -2.12. The second kappa shape index (κ2) is 11.9. The zero-order chi connectivity index (χ0) is 33.7. The quantitative estimate of drug-likeness (QED) is 0.205. The number of aryl methyl sites for hydroxylation is 1. The lowest BCUT2D eigenvalue weighted by Gasteiger charge is -2.21. The number of imidazole rings is 1. The first kappa shape index (κ1) is 30.3. The van der Waals surface area contributed by atoms with E-state index in [1.54, 1.807) is 6.07 Å². The maximum atomic E-state index is 10.9. The number of hydrogen-bond acceptors (Lipinski definition) is 3. The number of pyridine rings is 1. The molecule has 0 fully saturated rings. The Morgan fingerprint density at radius 1 is 0.571 bits per heavy atom. The Labute approximate surface area is 287 Å². The molecule has 2 aromatic heterocycles. The number of benzene rings is 6. The summed E-state index contributed by atoms with van der Waals surface area (Å²) >= 11 is 0. The van der Waals surface area contributed by atoms with E-state index in [2.05, 4.69) is 123 Å². The number of rotatable bonds is 5. The van der Waals surface area contributed by atoms with Gasteiger partial charge in [-0.05, 0) is 82.6 Å². The van der Waals surface area contributed by atoms with Gasteiger partial charge in [0.2, 0.25) is 0 Å². The van der Waals surface area contributed by atoms with Crippen LogP contribution in [0.3, 0.4) is 0 Å². The van der Waals surface area contributed by atoms with Crippen molar-refractivity contribution < 1.29 is 5.11 Å². The van der Waals surface area contributed by atoms with Crippen LogP contribution in [0.2, 0.25) is 0 Å². The largest absolute Gasteiger partial charge is 0.507 e. The zero-order valence-electron chi connectivity index (χ0n) is 28.1. The van der Waals surface area contributed by atoms with Crippen LogP contribution in [0.5, 0.6) is 5.75 Å². The van der Waals surface area contributed by atoms with Crippen molar-refractivity contribution in [2.24, 2.45) is 0 Å². The molecule has 0 saturated heterocycles. The maximum absolute atomic E-state index is 10.9. The van der Waals surface area contributed by atoms with E-state index in [4.69, 9.17) is 9.97 Å². The summed E-state index contributed by atoms with van der Waals surface area (Å²) in [5.74, 6) is 1.07. The molecule has 49 heavy (non-hydrogen) atoms. The fourth-order valence-electron chi connectivity index (χ4n) is 6.86. The molecule has 0 amide bonds. The van der Waals surface area contributed by atoms with Crippen LogP contribution in [0.4, 0.5) is 0 Å². The molecule has 1 N–H and O–H groups in total. The number of nitrogens with zero attached hydrogens (tertiary/aromatic N) is 3. The topological polar surface area (TPSA) is 50.9 Å². The van der Waals surface area contributed by atoms with E-state index < -0.39 is 0 Å². The van der Waals surface area contributed by atoms with Gasteiger partial charge in [0.25, 0.3) is 0 Å². The molecule has 0 unspecified atom stereocenters. The van der Waals surface area contributed by atoms with Gasteiger partial charge in [0, 0.05) is 33.8 Å². The fourth-order valence-corrected chi connectivity index (χ4v) is 6.86. The van der Waals surface area contributed by atoms with Gasteiger partial charge in [-0.1, -0.05) is 118 Å². The van der Waals surface area contributed by atoms with Crippen molar-refractivity contribution in [3.05, 3.63) is 157 Å². The molecule has 0 saturated carbocycles. The van der Waals surface area contributed by atoms with Crippen LogP contribution in [0.25, 0.3) is 72.4 Å². The Hall–Kier alpha value is -6.00.